The van der Waals surface area contributed by atoms with E-state index in [0.717, 1.165) is 49.5 Å². The highest BCUT2D eigenvalue weighted by Crippen LogP contribution is 2.40. The zero-order chi connectivity index (χ0) is 38.9. The Bertz CT molecular complexity index is 2660. The predicted molar refractivity (Wildman–Crippen MR) is 198 cm³/mol. The summed E-state index contributed by atoms with van der Waals surface area (Å²) in [4.78, 5) is 31.4. The molecule has 3 aromatic heterocycles. The molecule has 2 atom stereocenters. The van der Waals surface area contributed by atoms with Crippen molar-refractivity contribution in [3.8, 4) is 17.3 Å². The highest BCUT2D eigenvalue weighted by atomic mass is 35.5. The molecule has 9 rings (SSSR count). The minimum Gasteiger partial charge on any atom is -0.453 e. The average molecular weight is 808 g/mol. The van der Waals surface area contributed by atoms with Crippen LogP contribution in [-0.2, 0) is 21.0 Å². The third kappa shape index (κ3) is 6.64. The number of alkyl halides is 3. The van der Waals surface area contributed by atoms with E-state index in [2.05, 4.69) is 35.7 Å². The van der Waals surface area contributed by atoms with Crippen molar-refractivity contribution in [3.05, 3.63) is 89.3 Å². The minimum atomic E-state index is -5.12. The van der Waals surface area contributed by atoms with Gasteiger partial charge in [0, 0.05) is 58.9 Å². The van der Waals surface area contributed by atoms with Gasteiger partial charge >= 0.3 is 12.2 Å². The summed E-state index contributed by atoms with van der Waals surface area (Å²) >= 11 is 6.56. The van der Waals surface area contributed by atoms with Gasteiger partial charge in [-0.05, 0) is 55.3 Å². The first-order valence-electron chi connectivity index (χ1n) is 17.7. The van der Waals surface area contributed by atoms with Gasteiger partial charge in [0.1, 0.15) is 28.3 Å². The van der Waals surface area contributed by atoms with Gasteiger partial charge in [-0.2, -0.15) is 31.6 Å². The van der Waals surface area contributed by atoms with Crippen molar-refractivity contribution in [3.63, 3.8) is 0 Å². The smallest absolute Gasteiger partial charge is 0.417 e. The monoisotopic (exact) mass is 807 g/mol. The molecule has 1 amide bonds. The molecule has 2 saturated heterocycles. The lowest BCUT2D eigenvalue weighted by atomic mass is 10.0. The van der Waals surface area contributed by atoms with Crippen LogP contribution in [0.5, 0.6) is 6.01 Å². The Morgan fingerprint density at radius 1 is 1.00 bits per heavy atom. The summed E-state index contributed by atoms with van der Waals surface area (Å²) in [6.45, 7) is 0.355. The number of rotatable bonds is 9. The van der Waals surface area contributed by atoms with Gasteiger partial charge < -0.3 is 20.3 Å². The number of hydrogen-bond acceptors (Lipinski definition) is 11. The summed E-state index contributed by atoms with van der Waals surface area (Å²) in [6, 6.07) is 12.9. The number of anilines is 2. The maximum absolute atomic E-state index is 16.7. The van der Waals surface area contributed by atoms with Crippen LogP contribution < -0.4 is 20.3 Å². The van der Waals surface area contributed by atoms with E-state index in [1.165, 1.54) is 6.20 Å². The number of hydrogen-bond donors (Lipinski definition) is 2. The lowest BCUT2D eigenvalue weighted by Crippen LogP contribution is -2.51. The second-order valence-electron chi connectivity index (χ2n) is 14.0. The highest BCUT2D eigenvalue weighted by Gasteiger charge is 2.39. The van der Waals surface area contributed by atoms with Crippen LogP contribution in [0, 0.1) is 5.82 Å². The molecule has 0 spiro atoms. The molecule has 3 aromatic carbocycles. The Balaban J connectivity index is 1.02. The zero-order valence-electron chi connectivity index (χ0n) is 29.1. The third-order valence-corrected chi connectivity index (χ3v) is 12.0. The topological polar surface area (TPSA) is 157 Å². The Morgan fingerprint density at radius 2 is 1.75 bits per heavy atom. The maximum Gasteiger partial charge on any atom is 0.417 e. The molecule has 13 nitrogen and oxygen atoms in total. The largest absolute Gasteiger partial charge is 0.453 e. The summed E-state index contributed by atoms with van der Waals surface area (Å²) in [5.74, 6) is -1.12. The Kier molecular flexibility index (Phi) is 8.81. The van der Waals surface area contributed by atoms with Crippen LogP contribution in [-0.4, -0.2) is 75.2 Å². The number of carbonyl (C=O) groups is 1. The summed E-state index contributed by atoms with van der Waals surface area (Å²) < 4.78 is 92.0. The molecular formula is C37H30ClF4N9O4S. The molecule has 2 N–H and O–H groups in total. The predicted octanol–water partition coefficient (Wildman–Crippen LogP) is 6.32. The van der Waals surface area contributed by atoms with Gasteiger partial charge in [0.15, 0.2) is 18.2 Å². The van der Waals surface area contributed by atoms with Crippen molar-refractivity contribution in [2.45, 2.75) is 54.8 Å². The first-order chi connectivity index (χ1) is 26.8. The number of pyridine rings is 1. The molecule has 1 aliphatic carbocycles. The molecular weight excluding hydrogens is 778 g/mol. The SMILES string of the molecule is O=C(COc1nc(N2CC3CCC(C2)N3)c2cnc(-c3cccc4cccc(Cl)c34)c(F)c2n1)Nc1ccc(S(=O)(=O)n2cnc(C3CC3)n2)c(C(F)(F)F)c1. The van der Waals surface area contributed by atoms with E-state index in [4.69, 9.17) is 16.3 Å². The quantitative estimate of drug-likeness (QED) is 0.158. The van der Waals surface area contributed by atoms with Crippen LogP contribution in [0.25, 0.3) is 32.9 Å². The molecule has 6 aromatic rings. The van der Waals surface area contributed by atoms with Crippen molar-refractivity contribution in [2.24, 2.45) is 0 Å². The number of aromatic nitrogens is 6. The fraction of sp³-hybridized carbons (Fsp3) is 0.297. The molecule has 2 aliphatic heterocycles. The number of carbonyl (C=O) groups excluding carboxylic acids is 1. The number of halogens is 5. The van der Waals surface area contributed by atoms with Crippen LogP contribution in [0.15, 0.2) is 72.0 Å². The summed E-state index contributed by atoms with van der Waals surface area (Å²) in [5.41, 5.74) is -1.55. The van der Waals surface area contributed by atoms with E-state index in [1.807, 2.05) is 17.0 Å². The molecule has 2 bridgehead atoms. The van der Waals surface area contributed by atoms with E-state index < -0.39 is 45.0 Å². The van der Waals surface area contributed by atoms with Gasteiger partial charge in [0.25, 0.3) is 15.9 Å². The Morgan fingerprint density at radius 3 is 2.48 bits per heavy atom. The number of nitrogens with zero attached hydrogens (tertiary/aromatic N) is 7. The van der Waals surface area contributed by atoms with E-state index in [1.54, 1.807) is 24.3 Å². The summed E-state index contributed by atoms with van der Waals surface area (Å²) in [6.07, 6.45) is 0.680. The molecule has 19 heteroatoms. The fourth-order valence-corrected chi connectivity index (χ4v) is 8.91. The van der Waals surface area contributed by atoms with Crippen LogP contribution in [0.1, 0.15) is 43.0 Å². The van der Waals surface area contributed by atoms with Crippen LogP contribution in [0.4, 0.5) is 29.1 Å². The molecule has 5 heterocycles. The van der Waals surface area contributed by atoms with Gasteiger partial charge in [-0.25, -0.2) is 9.37 Å². The van der Waals surface area contributed by atoms with E-state index in [0.29, 0.717) is 50.4 Å². The molecule has 3 aliphatic rings. The lowest BCUT2D eigenvalue weighted by Gasteiger charge is -2.34. The number of piperazine rings is 1. The molecule has 1 saturated carbocycles. The first-order valence-corrected chi connectivity index (χ1v) is 19.5. The van der Waals surface area contributed by atoms with Crippen LogP contribution in [0.2, 0.25) is 5.02 Å². The highest BCUT2D eigenvalue weighted by molar-refractivity contribution is 7.89. The van der Waals surface area contributed by atoms with Gasteiger partial charge in [-0.3, -0.25) is 9.78 Å². The molecule has 3 fully saturated rings. The first kappa shape index (κ1) is 36.2. The van der Waals surface area contributed by atoms with E-state index >= 15 is 4.39 Å². The molecule has 0 radical (unpaired) electrons. The minimum absolute atomic E-state index is 0.0111. The maximum atomic E-state index is 16.7. The van der Waals surface area contributed by atoms with Gasteiger partial charge in [-0.15, -0.1) is 9.19 Å². The van der Waals surface area contributed by atoms with Crippen molar-refractivity contribution < 1.29 is 35.5 Å². The summed E-state index contributed by atoms with van der Waals surface area (Å²) in [7, 11) is -4.78. The standard InChI is InChI=1S/C37H30ClF4N9O4S/c38-27-6-2-4-19-3-1-5-24(30(19)27)32-31(39)33-25(14-43-32)35(50-15-22-9-10-23(16-50)45-22)48-36(47-33)55-17-29(52)46-21-11-12-28(26(13-21)37(40,41)42)56(53,54)51-18-44-34(49-51)20-7-8-20/h1-6,11-14,18,20,22-23,45H,7-10,15-17H2,(H,46,52). The summed E-state index contributed by atoms with van der Waals surface area (Å²) in [5, 5.41) is 11.8. The Labute approximate surface area is 321 Å². The number of nitrogens with one attached hydrogen (secondary N) is 2. The number of benzene rings is 3. The van der Waals surface area contributed by atoms with Crippen molar-refractivity contribution >= 4 is 60.7 Å². The second kappa shape index (κ2) is 13.6. The van der Waals surface area contributed by atoms with Gasteiger partial charge in [-0.1, -0.05) is 41.9 Å². The van der Waals surface area contributed by atoms with Crippen molar-refractivity contribution in [2.75, 3.05) is 29.9 Å². The van der Waals surface area contributed by atoms with E-state index in [9.17, 15) is 26.4 Å². The normalized spacial score (nSPS) is 18.5. The third-order valence-electron chi connectivity index (χ3n) is 10.1. The van der Waals surface area contributed by atoms with Gasteiger partial charge in [0.2, 0.25) is 0 Å². The van der Waals surface area contributed by atoms with Crippen LogP contribution in [0.3, 0.4) is 0 Å². The Hall–Kier alpha value is -5.46. The van der Waals surface area contributed by atoms with Gasteiger partial charge in [0.05, 0.1) is 10.9 Å². The zero-order valence-corrected chi connectivity index (χ0v) is 30.7. The number of ether oxygens (including phenoxy) is 1. The van der Waals surface area contributed by atoms with E-state index in [-0.39, 0.29) is 46.7 Å². The van der Waals surface area contributed by atoms with Crippen molar-refractivity contribution in [1.29, 1.82) is 0 Å². The number of fused-ring (bicyclic) bond motifs is 4. The average Bonchev–Trinajstić information content (AvgIpc) is 3.80. The molecule has 288 valence electrons. The lowest BCUT2D eigenvalue weighted by molar-refractivity contribution is -0.139. The number of amides is 1. The van der Waals surface area contributed by atoms with Crippen LogP contribution >= 0.6 is 11.6 Å². The molecule has 56 heavy (non-hydrogen) atoms. The fourth-order valence-electron chi connectivity index (χ4n) is 7.37. The molecule has 2 unspecified atom stereocenters. The van der Waals surface area contributed by atoms with Crippen molar-refractivity contribution in [1.82, 2.24) is 34.4 Å². The second-order valence-corrected chi connectivity index (χ2v) is 16.2.